The van der Waals surface area contributed by atoms with Crippen LogP contribution in [0, 0.1) is 5.82 Å². The largest absolute Gasteiger partial charge is 0.361 e. The molecule has 2 aromatic heterocycles. The minimum atomic E-state index is -1.22. The molecule has 2 saturated heterocycles. The smallest absolute Gasteiger partial charge is 0.274 e. The highest BCUT2D eigenvalue weighted by Crippen LogP contribution is 2.42. The van der Waals surface area contributed by atoms with Crippen molar-refractivity contribution in [3.63, 3.8) is 0 Å². The molecule has 2 aliphatic rings. The Labute approximate surface area is 190 Å². The Kier molecular flexibility index (Phi) is 5.41. The molecule has 33 heavy (non-hydrogen) atoms. The van der Waals surface area contributed by atoms with Crippen LogP contribution in [-0.4, -0.2) is 68.2 Å². The number of ether oxygens (including phenoxy) is 1. The molecule has 8 nitrogen and oxygen atoms in total. The zero-order chi connectivity index (χ0) is 23.0. The fourth-order valence-corrected chi connectivity index (χ4v) is 4.72. The Morgan fingerprint density at radius 2 is 2.06 bits per heavy atom. The van der Waals surface area contributed by atoms with Crippen LogP contribution in [0.25, 0.3) is 0 Å². The average Bonchev–Trinajstić information content (AvgIpc) is 3.43. The standard InChI is InChI=1S/C24H24FN5O3/c1-28-10-8-21(27-28)22(31)30-15-20(18-3-2-9-26-13-18)24(16-30)23(32)29(11-12-33-24)14-17-4-6-19(25)7-5-17/h2-10,13,20H,11-12,14-16H2,1H3/t20-,24-/m1/s1. The first-order chi connectivity index (χ1) is 16.0. The van der Waals surface area contributed by atoms with Crippen LogP contribution < -0.4 is 0 Å². The minimum absolute atomic E-state index is 0.126. The maximum atomic E-state index is 13.9. The summed E-state index contributed by atoms with van der Waals surface area (Å²) in [6.45, 7) is 1.55. The summed E-state index contributed by atoms with van der Waals surface area (Å²) >= 11 is 0. The van der Waals surface area contributed by atoms with Crippen LogP contribution in [0.15, 0.2) is 61.1 Å². The van der Waals surface area contributed by atoms with Gasteiger partial charge in [0.15, 0.2) is 5.60 Å². The molecule has 0 bridgehead atoms. The topological polar surface area (TPSA) is 80.6 Å². The lowest BCUT2D eigenvalue weighted by molar-refractivity contribution is -0.172. The summed E-state index contributed by atoms with van der Waals surface area (Å²) in [7, 11) is 1.75. The van der Waals surface area contributed by atoms with Crippen LogP contribution in [-0.2, 0) is 23.1 Å². The van der Waals surface area contributed by atoms with Crippen molar-refractivity contribution in [2.24, 2.45) is 7.05 Å². The van der Waals surface area contributed by atoms with Crippen molar-refractivity contribution in [1.29, 1.82) is 0 Å². The quantitative estimate of drug-likeness (QED) is 0.609. The van der Waals surface area contributed by atoms with Gasteiger partial charge in [-0.1, -0.05) is 18.2 Å². The molecule has 3 aromatic rings. The Bertz CT molecular complexity index is 1170. The maximum absolute atomic E-state index is 13.9. The molecule has 4 heterocycles. The zero-order valence-corrected chi connectivity index (χ0v) is 18.2. The van der Waals surface area contributed by atoms with Crippen LogP contribution in [0.5, 0.6) is 0 Å². The van der Waals surface area contributed by atoms with E-state index in [1.54, 1.807) is 58.3 Å². The van der Waals surface area contributed by atoms with Crippen molar-refractivity contribution in [3.05, 3.63) is 83.7 Å². The molecule has 9 heteroatoms. The summed E-state index contributed by atoms with van der Waals surface area (Å²) in [5.74, 6) is -1.11. The molecule has 2 atom stereocenters. The van der Waals surface area contributed by atoms with Gasteiger partial charge in [0, 0.05) is 51.2 Å². The summed E-state index contributed by atoms with van der Waals surface area (Å²) in [6, 6.07) is 11.5. The van der Waals surface area contributed by atoms with Gasteiger partial charge in [-0.25, -0.2) is 4.39 Å². The highest BCUT2D eigenvalue weighted by atomic mass is 19.1. The van der Waals surface area contributed by atoms with Crippen LogP contribution in [0.3, 0.4) is 0 Å². The van der Waals surface area contributed by atoms with Gasteiger partial charge < -0.3 is 14.5 Å². The number of morpholine rings is 1. The predicted octanol–water partition coefficient (Wildman–Crippen LogP) is 1.99. The van der Waals surface area contributed by atoms with E-state index in [2.05, 4.69) is 10.1 Å². The number of amides is 2. The third-order valence-corrected chi connectivity index (χ3v) is 6.36. The summed E-state index contributed by atoms with van der Waals surface area (Å²) in [4.78, 5) is 34.6. The molecule has 0 aliphatic carbocycles. The number of benzene rings is 1. The van der Waals surface area contributed by atoms with Crippen LogP contribution in [0.2, 0.25) is 0 Å². The van der Waals surface area contributed by atoms with Gasteiger partial charge in [-0.15, -0.1) is 0 Å². The molecule has 0 unspecified atom stereocenters. The molecule has 2 amide bonds. The number of hydrogen-bond donors (Lipinski definition) is 0. The van der Waals surface area contributed by atoms with Crippen molar-refractivity contribution in [2.75, 3.05) is 26.2 Å². The number of carbonyl (C=O) groups excluding carboxylic acids is 2. The Morgan fingerprint density at radius 3 is 2.76 bits per heavy atom. The van der Waals surface area contributed by atoms with Crippen LogP contribution >= 0.6 is 0 Å². The van der Waals surface area contributed by atoms with Gasteiger partial charge in [0.05, 0.1) is 13.2 Å². The fraction of sp³-hybridized carbons (Fsp3) is 0.333. The first kappa shape index (κ1) is 21.3. The van der Waals surface area contributed by atoms with Gasteiger partial charge in [0.1, 0.15) is 11.5 Å². The third-order valence-electron chi connectivity index (χ3n) is 6.36. The van der Waals surface area contributed by atoms with Crippen LogP contribution in [0.4, 0.5) is 4.39 Å². The second-order valence-electron chi connectivity index (χ2n) is 8.49. The summed E-state index contributed by atoms with van der Waals surface area (Å²) in [5, 5.41) is 4.23. The molecular formula is C24H24FN5O3. The number of aryl methyl sites for hydroxylation is 1. The monoisotopic (exact) mass is 449 g/mol. The summed E-state index contributed by atoms with van der Waals surface area (Å²) < 4.78 is 21.1. The van der Waals surface area contributed by atoms with E-state index < -0.39 is 5.60 Å². The molecule has 0 N–H and O–H groups in total. The van der Waals surface area contributed by atoms with Crippen molar-refractivity contribution >= 4 is 11.8 Å². The number of nitrogens with zero attached hydrogens (tertiary/aromatic N) is 5. The summed E-state index contributed by atoms with van der Waals surface area (Å²) in [5.41, 5.74) is 0.780. The number of halogens is 1. The number of rotatable bonds is 4. The van der Waals surface area contributed by atoms with E-state index in [9.17, 15) is 14.0 Å². The van der Waals surface area contributed by atoms with E-state index in [0.717, 1.165) is 11.1 Å². The maximum Gasteiger partial charge on any atom is 0.274 e. The lowest BCUT2D eigenvalue weighted by Gasteiger charge is -2.42. The molecule has 0 radical (unpaired) electrons. The number of hydrogen-bond acceptors (Lipinski definition) is 5. The molecule has 1 aromatic carbocycles. The molecular weight excluding hydrogens is 425 g/mol. The molecule has 5 rings (SSSR count). The van der Waals surface area contributed by atoms with Gasteiger partial charge >= 0.3 is 0 Å². The van der Waals surface area contributed by atoms with Crippen molar-refractivity contribution in [2.45, 2.75) is 18.1 Å². The molecule has 2 fully saturated rings. The van der Waals surface area contributed by atoms with Crippen molar-refractivity contribution in [1.82, 2.24) is 24.6 Å². The van der Waals surface area contributed by atoms with Gasteiger partial charge in [-0.05, 0) is 35.4 Å². The highest BCUT2D eigenvalue weighted by Gasteiger charge is 2.58. The third kappa shape index (κ3) is 3.89. The molecule has 1 spiro atoms. The SMILES string of the molecule is Cn1ccc(C(=O)N2C[C@H](c3cccnc3)[C@@]3(C2)OCCN(Cc2ccc(F)cc2)C3=O)n1. The number of carbonyl (C=O) groups is 2. The van der Waals surface area contributed by atoms with E-state index in [-0.39, 0.29) is 30.1 Å². The lowest BCUT2D eigenvalue weighted by atomic mass is 9.83. The molecule has 170 valence electrons. The number of pyridine rings is 1. The van der Waals surface area contributed by atoms with E-state index in [0.29, 0.717) is 31.9 Å². The second kappa shape index (κ2) is 8.40. The zero-order valence-electron chi connectivity index (χ0n) is 18.2. The summed E-state index contributed by atoms with van der Waals surface area (Å²) in [6.07, 6.45) is 5.10. The Balaban J connectivity index is 1.47. The first-order valence-electron chi connectivity index (χ1n) is 10.8. The highest BCUT2D eigenvalue weighted by molar-refractivity contribution is 5.95. The number of aromatic nitrogens is 3. The van der Waals surface area contributed by atoms with E-state index >= 15 is 0 Å². The van der Waals surface area contributed by atoms with Crippen molar-refractivity contribution < 1.29 is 18.7 Å². The first-order valence-corrected chi connectivity index (χ1v) is 10.8. The fourth-order valence-electron chi connectivity index (χ4n) is 4.72. The Hall–Kier alpha value is -3.59. The predicted molar refractivity (Wildman–Crippen MR) is 117 cm³/mol. The van der Waals surface area contributed by atoms with Crippen molar-refractivity contribution in [3.8, 4) is 0 Å². The number of likely N-dealkylation sites (tertiary alicyclic amines) is 1. The molecule has 2 aliphatic heterocycles. The van der Waals surface area contributed by atoms with Gasteiger partial charge in [0.25, 0.3) is 11.8 Å². The van der Waals surface area contributed by atoms with E-state index in [1.807, 2.05) is 12.1 Å². The normalized spacial score (nSPS) is 22.8. The van der Waals surface area contributed by atoms with Gasteiger partial charge in [0.2, 0.25) is 0 Å². The second-order valence-corrected chi connectivity index (χ2v) is 8.49. The van der Waals surface area contributed by atoms with Gasteiger partial charge in [-0.3, -0.25) is 19.3 Å². The van der Waals surface area contributed by atoms with E-state index in [1.165, 1.54) is 12.1 Å². The van der Waals surface area contributed by atoms with Crippen LogP contribution in [0.1, 0.15) is 27.5 Å². The van der Waals surface area contributed by atoms with E-state index in [4.69, 9.17) is 4.74 Å². The van der Waals surface area contributed by atoms with Gasteiger partial charge in [-0.2, -0.15) is 5.10 Å². The molecule has 0 saturated carbocycles. The minimum Gasteiger partial charge on any atom is -0.361 e. The lowest BCUT2D eigenvalue weighted by Crippen LogP contribution is -2.60. The average molecular weight is 449 g/mol. The Morgan fingerprint density at radius 1 is 1.24 bits per heavy atom.